The molecule has 10 rings (SSSR count). The number of para-hydroxylation sites is 1. The van der Waals surface area contributed by atoms with E-state index in [4.69, 9.17) is 9.47 Å². The molecule has 5 fully saturated rings. The Morgan fingerprint density at radius 3 is 2.52 bits per heavy atom. The highest BCUT2D eigenvalue weighted by Crippen LogP contribution is 2.34. The topological polar surface area (TPSA) is 175 Å². The molecule has 17 nitrogen and oxygen atoms in total. The van der Waals surface area contributed by atoms with Crippen molar-refractivity contribution in [2.75, 3.05) is 50.1 Å². The van der Waals surface area contributed by atoms with Crippen molar-refractivity contribution in [1.29, 1.82) is 0 Å². The van der Waals surface area contributed by atoms with Gasteiger partial charge in [-0.1, -0.05) is 51.0 Å². The Labute approximate surface area is 375 Å². The van der Waals surface area contributed by atoms with E-state index in [1.807, 2.05) is 32.0 Å². The Bertz CT molecular complexity index is 2650. The van der Waals surface area contributed by atoms with E-state index in [1.54, 1.807) is 24.0 Å². The number of carbonyl (C=O) groups is 3. The number of nitrogens with one attached hydrogen (secondary N) is 2. The highest BCUT2D eigenvalue weighted by molar-refractivity contribution is 6.08. The van der Waals surface area contributed by atoms with Crippen LogP contribution in [0.15, 0.2) is 47.7 Å². The second kappa shape index (κ2) is 20.0. The molecule has 1 saturated carbocycles. The summed E-state index contributed by atoms with van der Waals surface area (Å²) in [4.78, 5) is 59.0. The number of imidazole rings is 1. The lowest BCUT2D eigenvalue weighted by Crippen LogP contribution is -2.44. The van der Waals surface area contributed by atoms with Crippen molar-refractivity contribution in [1.82, 2.24) is 43.7 Å². The lowest BCUT2D eigenvalue weighted by atomic mass is 9.96. The quantitative estimate of drug-likeness (QED) is 0.151. The summed E-state index contributed by atoms with van der Waals surface area (Å²) < 4.78 is 45.0. The average molecular weight is 898 g/mol. The van der Waals surface area contributed by atoms with E-state index in [-0.39, 0.29) is 53.6 Å². The van der Waals surface area contributed by atoms with Gasteiger partial charge in [0.05, 0.1) is 59.4 Å². The number of imide groups is 1. The Morgan fingerprint density at radius 1 is 1.03 bits per heavy atom. The van der Waals surface area contributed by atoms with Crippen LogP contribution >= 0.6 is 0 Å². The summed E-state index contributed by atoms with van der Waals surface area (Å²) in [7, 11) is 3.79. The van der Waals surface area contributed by atoms with Crippen LogP contribution in [0.2, 0.25) is 0 Å². The number of morpholine rings is 1. The standard InChI is InChI=1S/C22H25F2N7O2.C22H26N4O4.C2H6/c23-20(24)19-17(11-31(28-19)13-4-2-1-3-5-13)26-22(32)16-9-25-30-7-6-18(27-21(16)30)29-10-15-8-14(29)12-33-15;1-24-12-10-16(11-13-24)30-14-4-6-15-5-3-7-17-20(15)25(2)22(29)26(17)18-8-9-19(27)23-21(18)28;1-2/h6-7,9,11,13-15,20H,1-5,8,10,12H2,(H,26,32);3,5,7,16,18H,8-14H2,1-2H3,(H,23,27,28);1-2H3/t14-,15?;;/m0../s1. The van der Waals surface area contributed by atoms with Gasteiger partial charge in [-0.25, -0.2) is 23.1 Å². The number of carbonyl (C=O) groups excluding carboxylic acids is 3. The Hall–Kier alpha value is -5.97. The molecule has 2 N–H and O–H groups in total. The third-order valence-corrected chi connectivity index (χ3v) is 12.9. The van der Waals surface area contributed by atoms with Crippen molar-refractivity contribution in [2.24, 2.45) is 7.05 Å². The first-order chi connectivity index (χ1) is 31.5. The molecule has 1 aliphatic carbocycles. The number of ether oxygens (including phenoxy) is 2. The largest absolute Gasteiger partial charge is 0.374 e. The molecule has 19 heteroatoms. The third kappa shape index (κ3) is 9.70. The molecule has 3 amide bonds. The van der Waals surface area contributed by atoms with E-state index in [0.29, 0.717) is 41.9 Å². The maximum Gasteiger partial charge on any atom is 0.329 e. The summed E-state index contributed by atoms with van der Waals surface area (Å²) in [6.07, 6.45) is 11.0. The summed E-state index contributed by atoms with van der Waals surface area (Å²) >= 11 is 0. The van der Waals surface area contributed by atoms with Crippen LogP contribution in [0.5, 0.6) is 0 Å². The van der Waals surface area contributed by atoms with Gasteiger partial charge in [-0.3, -0.25) is 33.5 Å². The van der Waals surface area contributed by atoms with Crippen LogP contribution in [0.4, 0.5) is 20.3 Å². The number of piperidine rings is 2. The van der Waals surface area contributed by atoms with E-state index in [9.17, 15) is 28.0 Å². The van der Waals surface area contributed by atoms with Gasteiger partial charge in [-0.05, 0) is 63.8 Å². The smallest absolute Gasteiger partial charge is 0.329 e. The maximum absolute atomic E-state index is 13.7. The van der Waals surface area contributed by atoms with Gasteiger partial charge in [0.1, 0.15) is 24.0 Å². The first-order valence-electron chi connectivity index (χ1n) is 22.8. The first-order valence-corrected chi connectivity index (χ1v) is 22.8. The average Bonchev–Trinajstić information content (AvgIpc) is 4.17. The van der Waals surface area contributed by atoms with Crippen molar-refractivity contribution in [2.45, 2.75) is 115 Å². The fourth-order valence-electron chi connectivity index (χ4n) is 9.46. The predicted octanol–water partition coefficient (Wildman–Crippen LogP) is 5.40. The fourth-order valence-corrected chi connectivity index (χ4v) is 9.46. The highest BCUT2D eigenvalue weighted by Gasteiger charge is 2.40. The van der Waals surface area contributed by atoms with E-state index >= 15 is 0 Å². The minimum absolute atomic E-state index is 0.0325. The molecule has 2 bridgehead atoms. The number of halogens is 2. The number of likely N-dealkylation sites (tertiary alicyclic amines) is 1. The van der Waals surface area contributed by atoms with Crippen LogP contribution in [-0.2, 0) is 26.1 Å². The molecule has 4 aromatic heterocycles. The van der Waals surface area contributed by atoms with E-state index in [0.717, 1.165) is 76.8 Å². The van der Waals surface area contributed by atoms with Crippen molar-refractivity contribution >= 4 is 45.9 Å². The molecule has 0 radical (unpaired) electrons. The number of hydrogen-bond acceptors (Lipinski definition) is 11. The molecular weight excluding hydrogens is 841 g/mol. The van der Waals surface area contributed by atoms with Gasteiger partial charge >= 0.3 is 5.69 Å². The number of aryl methyl sites for hydroxylation is 1. The molecular formula is C46H57F2N11O6. The number of anilines is 2. The number of benzene rings is 1. The van der Waals surface area contributed by atoms with E-state index in [1.165, 1.54) is 26.0 Å². The molecule has 346 valence electrons. The molecule has 65 heavy (non-hydrogen) atoms. The fraction of sp³-hybridized carbons (Fsp3) is 0.543. The number of hydrogen-bond donors (Lipinski definition) is 2. The number of fused-ring (bicyclic) bond motifs is 4. The Balaban J connectivity index is 0.000000172. The lowest BCUT2D eigenvalue weighted by molar-refractivity contribution is -0.135. The molecule has 4 saturated heterocycles. The van der Waals surface area contributed by atoms with Gasteiger partial charge in [-0.15, -0.1) is 0 Å². The predicted molar refractivity (Wildman–Crippen MR) is 239 cm³/mol. The molecule has 2 unspecified atom stereocenters. The molecule has 1 aromatic carbocycles. The number of nitrogens with zero attached hydrogens (tertiary/aromatic N) is 9. The van der Waals surface area contributed by atoms with Crippen molar-refractivity contribution in [3.8, 4) is 11.8 Å². The minimum atomic E-state index is -2.79. The molecule has 5 aliphatic rings. The van der Waals surface area contributed by atoms with E-state index < -0.39 is 30.0 Å². The van der Waals surface area contributed by atoms with Gasteiger partial charge < -0.3 is 24.6 Å². The minimum Gasteiger partial charge on any atom is -0.374 e. The van der Waals surface area contributed by atoms with Gasteiger partial charge in [0, 0.05) is 45.5 Å². The number of rotatable bonds is 8. The zero-order valence-corrected chi connectivity index (χ0v) is 37.3. The second-order valence-electron chi connectivity index (χ2n) is 17.0. The second-order valence-corrected chi connectivity index (χ2v) is 17.0. The van der Waals surface area contributed by atoms with Crippen LogP contribution in [0.3, 0.4) is 0 Å². The monoisotopic (exact) mass is 897 g/mol. The molecule has 5 aromatic rings. The van der Waals surface area contributed by atoms with Crippen LogP contribution in [0.25, 0.3) is 16.7 Å². The molecule has 4 aliphatic heterocycles. The number of amides is 3. The third-order valence-electron chi connectivity index (χ3n) is 12.9. The Kier molecular flexibility index (Phi) is 14.1. The number of alkyl halides is 2. The van der Waals surface area contributed by atoms with E-state index in [2.05, 4.69) is 54.5 Å². The summed E-state index contributed by atoms with van der Waals surface area (Å²) in [5, 5.41) is 13.3. The first kappa shape index (κ1) is 45.6. The van der Waals surface area contributed by atoms with Crippen LogP contribution < -0.4 is 21.2 Å². The lowest BCUT2D eigenvalue weighted by Gasteiger charge is -2.28. The molecule has 3 atom stereocenters. The Morgan fingerprint density at radius 2 is 1.82 bits per heavy atom. The van der Waals surface area contributed by atoms with Gasteiger partial charge in [0.25, 0.3) is 12.3 Å². The zero-order chi connectivity index (χ0) is 45.8. The van der Waals surface area contributed by atoms with Gasteiger partial charge in [0.15, 0.2) is 11.3 Å². The van der Waals surface area contributed by atoms with Gasteiger partial charge in [0.2, 0.25) is 11.8 Å². The van der Waals surface area contributed by atoms with Crippen LogP contribution in [0.1, 0.15) is 118 Å². The van der Waals surface area contributed by atoms with Gasteiger partial charge in [-0.2, -0.15) is 10.2 Å². The van der Waals surface area contributed by atoms with Crippen molar-refractivity contribution in [3.05, 3.63) is 70.2 Å². The molecule has 0 spiro atoms. The normalized spacial score (nSPS) is 21.5. The maximum atomic E-state index is 13.7. The number of aromatic nitrogens is 7. The summed E-state index contributed by atoms with van der Waals surface area (Å²) in [5.41, 5.74) is 1.97. The van der Waals surface area contributed by atoms with Crippen LogP contribution in [-0.4, -0.2) is 114 Å². The summed E-state index contributed by atoms with van der Waals surface area (Å²) in [6, 6.07) is 7.03. The summed E-state index contributed by atoms with van der Waals surface area (Å²) in [5.74, 6) is 5.67. The van der Waals surface area contributed by atoms with Crippen LogP contribution in [0, 0.1) is 11.8 Å². The SMILES string of the molecule is CC.CN1CCC(OCC#Cc2cccc3c2n(C)c(=O)n3C2CCC(=O)NC2=O)CC1.O=C(Nc1cn(C2CCCCC2)nc1C(F)F)c1cnn2ccc(N3CC4C[C@H]3CO4)nc12. The summed E-state index contributed by atoms with van der Waals surface area (Å²) in [6.45, 7) is 7.85. The zero-order valence-electron chi connectivity index (χ0n) is 37.3. The molecule has 8 heterocycles. The highest BCUT2D eigenvalue weighted by atomic mass is 19.3. The van der Waals surface area contributed by atoms with Crippen molar-refractivity contribution < 1.29 is 32.6 Å². The van der Waals surface area contributed by atoms with Crippen molar-refractivity contribution in [3.63, 3.8) is 0 Å².